The highest BCUT2D eigenvalue weighted by atomic mass is 79.9. The summed E-state index contributed by atoms with van der Waals surface area (Å²) < 4.78 is 12.2. The van der Waals surface area contributed by atoms with Crippen molar-refractivity contribution in [1.29, 1.82) is 0 Å². The Kier molecular flexibility index (Phi) is 3.66. The van der Waals surface area contributed by atoms with Crippen molar-refractivity contribution in [2.45, 2.75) is 33.6 Å². The van der Waals surface area contributed by atoms with E-state index in [0.29, 0.717) is 24.4 Å². The van der Waals surface area contributed by atoms with Gasteiger partial charge in [-0.05, 0) is 38.5 Å². The molecule has 21 heavy (non-hydrogen) atoms. The zero-order valence-electron chi connectivity index (χ0n) is 12.4. The van der Waals surface area contributed by atoms with Gasteiger partial charge in [-0.2, -0.15) is 0 Å². The number of ketones is 1. The Bertz CT molecular complexity index is 728. The lowest BCUT2D eigenvalue weighted by Gasteiger charge is -2.09. The zero-order valence-corrected chi connectivity index (χ0v) is 14.0. The average molecular weight is 349 g/mol. The third-order valence-corrected chi connectivity index (χ3v) is 4.47. The summed E-state index contributed by atoms with van der Waals surface area (Å²) in [6.45, 7) is 6.35. The van der Waals surface area contributed by atoms with E-state index in [2.05, 4.69) is 22.0 Å². The summed E-state index contributed by atoms with van der Waals surface area (Å²) in [5.74, 6) is 2.47. The van der Waals surface area contributed by atoms with Crippen molar-refractivity contribution in [3.63, 3.8) is 0 Å². The Morgan fingerprint density at radius 1 is 1.24 bits per heavy atom. The number of Topliss-reactive ketones (excluding diaryl/α,β-unsaturated/α-hetero) is 1. The van der Waals surface area contributed by atoms with Crippen molar-refractivity contribution >= 4 is 21.7 Å². The third-order valence-electron chi connectivity index (χ3n) is 4.02. The zero-order chi connectivity index (χ0) is 15.1. The van der Waals surface area contributed by atoms with Gasteiger partial charge in [0.05, 0.1) is 12.2 Å². The van der Waals surface area contributed by atoms with Crippen LogP contribution in [0.2, 0.25) is 0 Å². The van der Waals surface area contributed by atoms with Crippen LogP contribution in [0.15, 0.2) is 21.0 Å². The maximum atomic E-state index is 12.6. The Labute approximate surface area is 132 Å². The van der Waals surface area contributed by atoms with Gasteiger partial charge in [0.15, 0.2) is 5.78 Å². The predicted octanol–water partition coefficient (Wildman–Crippen LogP) is 4.33. The van der Waals surface area contributed by atoms with E-state index in [4.69, 9.17) is 9.15 Å². The summed E-state index contributed by atoms with van der Waals surface area (Å²) in [6.07, 6.45) is 1.24. The molecule has 1 aliphatic heterocycles. The second-order valence-corrected chi connectivity index (χ2v) is 6.38. The fourth-order valence-electron chi connectivity index (χ4n) is 2.94. The van der Waals surface area contributed by atoms with E-state index in [1.807, 2.05) is 26.8 Å². The Balaban J connectivity index is 1.96. The number of benzene rings is 1. The van der Waals surface area contributed by atoms with Gasteiger partial charge >= 0.3 is 0 Å². The molecule has 0 atom stereocenters. The van der Waals surface area contributed by atoms with E-state index in [1.54, 1.807) is 0 Å². The van der Waals surface area contributed by atoms with Gasteiger partial charge in [-0.15, -0.1) is 0 Å². The van der Waals surface area contributed by atoms with Crippen molar-refractivity contribution in [3.05, 3.63) is 50.4 Å². The van der Waals surface area contributed by atoms with Crippen molar-refractivity contribution in [1.82, 2.24) is 0 Å². The number of aryl methyl sites for hydroxylation is 2. The minimum Gasteiger partial charge on any atom is -0.493 e. The number of carbonyl (C=O) groups excluding carboxylic acids is 1. The summed E-state index contributed by atoms with van der Waals surface area (Å²) in [5.41, 5.74) is 3.76. The van der Waals surface area contributed by atoms with Crippen LogP contribution < -0.4 is 4.74 Å². The van der Waals surface area contributed by atoms with Gasteiger partial charge in [-0.3, -0.25) is 4.79 Å². The summed E-state index contributed by atoms with van der Waals surface area (Å²) in [5, 5.41) is 0. The molecule has 0 radical (unpaired) electrons. The number of ether oxygens (including phenoxy) is 1. The van der Waals surface area contributed by atoms with Gasteiger partial charge < -0.3 is 9.15 Å². The highest BCUT2D eigenvalue weighted by molar-refractivity contribution is 9.10. The Morgan fingerprint density at radius 2 is 2.00 bits per heavy atom. The number of carbonyl (C=O) groups is 1. The predicted molar refractivity (Wildman–Crippen MR) is 84.3 cm³/mol. The molecule has 1 aromatic carbocycles. The van der Waals surface area contributed by atoms with E-state index in [-0.39, 0.29) is 5.78 Å². The lowest BCUT2D eigenvalue weighted by atomic mass is 9.98. The van der Waals surface area contributed by atoms with E-state index < -0.39 is 0 Å². The van der Waals surface area contributed by atoms with E-state index in [0.717, 1.165) is 33.5 Å². The fraction of sp³-hybridized carbons (Fsp3) is 0.353. The van der Waals surface area contributed by atoms with Crippen LogP contribution in [0.5, 0.6) is 5.75 Å². The molecule has 0 saturated carbocycles. The lowest BCUT2D eigenvalue weighted by molar-refractivity contribution is 0.0990. The maximum Gasteiger partial charge on any atom is 0.171 e. The first kappa shape index (κ1) is 14.4. The minimum absolute atomic E-state index is 0.0812. The summed E-state index contributed by atoms with van der Waals surface area (Å²) in [6, 6.07) is 4.04. The molecule has 2 heterocycles. The summed E-state index contributed by atoms with van der Waals surface area (Å²) in [4.78, 5) is 12.6. The molecule has 0 unspecified atom stereocenters. The molecule has 3 rings (SSSR count). The largest absolute Gasteiger partial charge is 0.493 e. The van der Waals surface area contributed by atoms with Crippen LogP contribution in [0.3, 0.4) is 0 Å². The van der Waals surface area contributed by atoms with Crippen molar-refractivity contribution in [2.75, 3.05) is 6.61 Å². The molecule has 1 aliphatic rings. The van der Waals surface area contributed by atoms with E-state index >= 15 is 0 Å². The van der Waals surface area contributed by atoms with Crippen LogP contribution in [0.4, 0.5) is 0 Å². The van der Waals surface area contributed by atoms with Gasteiger partial charge in [0.2, 0.25) is 0 Å². The lowest BCUT2D eigenvalue weighted by Crippen LogP contribution is -2.07. The van der Waals surface area contributed by atoms with Crippen molar-refractivity contribution in [2.24, 2.45) is 0 Å². The van der Waals surface area contributed by atoms with Crippen LogP contribution in [-0.4, -0.2) is 12.4 Å². The number of hydrogen-bond acceptors (Lipinski definition) is 3. The molecular weight excluding hydrogens is 332 g/mol. The number of furan rings is 1. The Morgan fingerprint density at radius 3 is 2.67 bits per heavy atom. The normalized spacial score (nSPS) is 13.1. The molecule has 2 aromatic rings. The topological polar surface area (TPSA) is 39.4 Å². The first-order valence-corrected chi connectivity index (χ1v) is 7.80. The van der Waals surface area contributed by atoms with Crippen LogP contribution in [0, 0.1) is 20.8 Å². The van der Waals surface area contributed by atoms with Gasteiger partial charge in [0, 0.05) is 28.4 Å². The summed E-state index contributed by atoms with van der Waals surface area (Å²) >= 11 is 3.51. The van der Waals surface area contributed by atoms with Crippen molar-refractivity contribution in [3.8, 4) is 5.75 Å². The molecule has 0 aliphatic carbocycles. The standard InChI is InChI=1S/C17H17BrO3/c1-9-10(2)21-11(3)16(9)15(19)8-13-7-14(18)6-12-4-5-20-17(12)13/h6-7H,4-5,8H2,1-3H3. The van der Waals surface area contributed by atoms with Crippen LogP contribution in [0.25, 0.3) is 0 Å². The molecule has 0 N–H and O–H groups in total. The summed E-state index contributed by atoms with van der Waals surface area (Å²) in [7, 11) is 0. The highest BCUT2D eigenvalue weighted by Crippen LogP contribution is 2.34. The SMILES string of the molecule is Cc1oc(C)c(C(=O)Cc2cc(Br)cc3c2OCC3)c1C. The molecule has 0 fully saturated rings. The first-order valence-electron chi connectivity index (χ1n) is 7.01. The minimum atomic E-state index is 0.0812. The molecule has 4 heteroatoms. The second kappa shape index (κ2) is 5.34. The molecule has 0 spiro atoms. The second-order valence-electron chi connectivity index (χ2n) is 5.47. The fourth-order valence-corrected chi connectivity index (χ4v) is 3.49. The van der Waals surface area contributed by atoms with E-state index in [1.165, 1.54) is 5.56 Å². The molecular formula is C17H17BrO3. The highest BCUT2D eigenvalue weighted by Gasteiger charge is 2.23. The third kappa shape index (κ3) is 2.53. The van der Waals surface area contributed by atoms with Gasteiger partial charge in [0.1, 0.15) is 17.3 Å². The van der Waals surface area contributed by atoms with Crippen LogP contribution in [0.1, 0.15) is 38.6 Å². The van der Waals surface area contributed by atoms with Gasteiger partial charge in [0.25, 0.3) is 0 Å². The molecule has 0 bridgehead atoms. The molecule has 3 nitrogen and oxygen atoms in total. The number of halogens is 1. The first-order chi connectivity index (χ1) is 9.97. The van der Waals surface area contributed by atoms with Crippen molar-refractivity contribution < 1.29 is 13.9 Å². The molecule has 0 amide bonds. The van der Waals surface area contributed by atoms with Crippen LogP contribution in [-0.2, 0) is 12.8 Å². The average Bonchev–Trinajstić information content (AvgIpc) is 2.95. The molecule has 0 saturated heterocycles. The van der Waals surface area contributed by atoms with E-state index in [9.17, 15) is 4.79 Å². The molecule has 1 aromatic heterocycles. The maximum absolute atomic E-state index is 12.6. The smallest absolute Gasteiger partial charge is 0.171 e. The van der Waals surface area contributed by atoms with Gasteiger partial charge in [-0.25, -0.2) is 0 Å². The number of rotatable bonds is 3. The number of hydrogen-bond donors (Lipinski definition) is 0. The molecule has 110 valence electrons. The monoisotopic (exact) mass is 348 g/mol. The Hall–Kier alpha value is -1.55. The number of fused-ring (bicyclic) bond motifs is 1. The van der Waals surface area contributed by atoms with Gasteiger partial charge in [-0.1, -0.05) is 15.9 Å². The van der Waals surface area contributed by atoms with Crippen LogP contribution >= 0.6 is 15.9 Å². The quantitative estimate of drug-likeness (QED) is 0.775.